The third kappa shape index (κ3) is 6.16. The van der Waals surface area contributed by atoms with Gasteiger partial charge in [-0.15, -0.1) is 0 Å². The Morgan fingerprint density at radius 1 is 0.750 bits per heavy atom. The van der Waals surface area contributed by atoms with E-state index >= 15 is 0 Å². The summed E-state index contributed by atoms with van der Waals surface area (Å²) in [5, 5.41) is 2.82. The van der Waals surface area contributed by atoms with Crippen LogP contribution >= 0.6 is 0 Å². The average molecular weight is 375 g/mol. The first-order chi connectivity index (χ1) is 13.7. The van der Waals surface area contributed by atoms with Crippen molar-refractivity contribution in [3.8, 4) is 11.5 Å². The second kappa shape index (κ2) is 10.2. The Bertz CT molecular complexity index is 879. The molecular weight excluding hydrogens is 350 g/mol. The summed E-state index contributed by atoms with van der Waals surface area (Å²) in [6.07, 6.45) is 0.736. The van der Waals surface area contributed by atoms with E-state index in [1.807, 2.05) is 78.9 Å². The summed E-state index contributed by atoms with van der Waals surface area (Å²) in [5.41, 5.74) is 3.29. The predicted octanol–water partition coefficient (Wildman–Crippen LogP) is 4.52. The molecule has 4 heteroatoms. The van der Waals surface area contributed by atoms with Crippen molar-refractivity contribution in [3.05, 3.63) is 95.6 Å². The number of benzene rings is 3. The molecule has 3 aromatic rings. The number of rotatable bonds is 9. The molecule has 3 aromatic carbocycles. The molecule has 144 valence electrons. The molecule has 1 amide bonds. The van der Waals surface area contributed by atoms with Crippen molar-refractivity contribution in [2.75, 3.05) is 6.54 Å². The molecule has 0 radical (unpaired) electrons. The lowest BCUT2D eigenvalue weighted by Gasteiger charge is -2.15. The van der Waals surface area contributed by atoms with Crippen LogP contribution in [0.1, 0.15) is 23.6 Å². The van der Waals surface area contributed by atoms with E-state index in [4.69, 9.17) is 9.47 Å². The maximum Gasteiger partial charge on any atom is 0.216 e. The van der Waals surface area contributed by atoms with Crippen molar-refractivity contribution < 1.29 is 14.3 Å². The minimum absolute atomic E-state index is 0.0247. The van der Waals surface area contributed by atoms with Gasteiger partial charge in [-0.3, -0.25) is 4.79 Å². The van der Waals surface area contributed by atoms with Gasteiger partial charge in [-0.25, -0.2) is 0 Å². The van der Waals surface area contributed by atoms with E-state index < -0.39 is 0 Å². The third-order valence-electron chi connectivity index (χ3n) is 4.27. The highest BCUT2D eigenvalue weighted by atomic mass is 16.5. The molecule has 0 bridgehead atoms. The SMILES string of the molecule is CC(=O)NCCc1ccc(OCc2ccccc2)c(OCc2ccccc2)c1. The zero-order valence-corrected chi connectivity index (χ0v) is 16.1. The molecule has 0 aromatic heterocycles. The zero-order chi connectivity index (χ0) is 19.6. The van der Waals surface area contributed by atoms with E-state index in [-0.39, 0.29) is 5.91 Å². The summed E-state index contributed by atoms with van der Waals surface area (Å²) in [4.78, 5) is 11.1. The van der Waals surface area contributed by atoms with Gasteiger partial charge in [0.1, 0.15) is 13.2 Å². The second-order valence-electron chi connectivity index (χ2n) is 6.56. The van der Waals surface area contributed by atoms with Crippen molar-refractivity contribution in [1.29, 1.82) is 0 Å². The van der Waals surface area contributed by atoms with Gasteiger partial charge in [0, 0.05) is 13.5 Å². The van der Waals surface area contributed by atoms with Crippen molar-refractivity contribution in [1.82, 2.24) is 5.32 Å². The van der Waals surface area contributed by atoms with E-state index in [1.165, 1.54) is 6.92 Å². The summed E-state index contributed by atoms with van der Waals surface area (Å²) in [5.74, 6) is 1.39. The summed E-state index contributed by atoms with van der Waals surface area (Å²) in [6, 6.07) is 26.0. The Kier molecular flexibility index (Phi) is 7.08. The fourth-order valence-corrected chi connectivity index (χ4v) is 2.79. The van der Waals surface area contributed by atoms with Crippen LogP contribution in [-0.4, -0.2) is 12.5 Å². The normalized spacial score (nSPS) is 10.3. The first-order valence-electron chi connectivity index (χ1n) is 9.41. The lowest BCUT2D eigenvalue weighted by atomic mass is 10.1. The van der Waals surface area contributed by atoms with Gasteiger partial charge in [0.05, 0.1) is 0 Å². The van der Waals surface area contributed by atoms with Crippen molar-refractivity contribution >= 4 is 5.91 Å². The lowest BCUT2D eigenvalue weighted by Crippen LogP contribution is -2.22. The van der Waals surface area contributed by atoms with Crippen LogP contribution in [0.2, 0.25) is 0 Å². The number of hydrogen-bond acceptors (Lipinski definition) is 3. The van der Waals surface area contributed by atoms with Gasteiger partial charge in [0.25, 0.3) is 0 Å². The Balaban J connectivity index is 1.71. The summed E-state index contributed by atoms with van der Waals surface area (Å²) >= 11 is 0. The monoisotopic (exact) mass is 375 g/mol. The number of nitrogens with one attached hydrogen (secondary N) is 1. The molecule has 4 nitrogen and oxygen atoms in total. The van der Waals surface area contributed by atoms with Gasteiger partial charge in [0.2, 0.25) is 5.91 Å². The van der Waals surface area contributed by atoms with Crippen LogP contribution in [0.25, 0.3) is 0 Å². The van der Waals surface area contributed by atoms with E-state index in [1.54, 1.807) is 0 Å². The second-order valence-corrected chi connectivity index (χ2v) is 6.56. The molecule has 0 atom stereocenters. The number of hydrogen-bond donors (Lipinski definition) is 1. The molecule has 0 saturated heterocycles. The maximum atomic E-state index is 11.1. The number of carbonyl (C=O) groups excluding carboxylic acids is 1. The molecule has 0 aliphatic heterocycles. The van der Waals surface area contributed by atoms with Crippen LogP contribution < -0.4 is 14.8 Å². The molecule has 0 spiro atoms. The number of carbonyl (C=O) groups is 1. The third-order valence-corrected chi connectivity index (χ3v) is 4.27. The van der Waals surface area contributed by atoms with Gasteiger partial charge in [-0.1, -0.05) is 66.7 Å². The Morgan fingerprint density at radius 3 is 1.89 bits per heavy atom. The van der Waals surface area contributed by atoms with Crippen LogP contribution in [0, 0.1) is 0 Å². The van der Waals surface area contributed by atoms with E-state index in [0.29, 0.717) is 31.3 Å². The number of amides is 1. The molecule has 0 unspecified atom stereocenters. The first-order valence-corrected chi connectivity index (χ1v) is 9.41. The molecule has 3 rings (SSSR count). The van der Waals surface area contributed by atoms with Crippen molar-refractivity contribution in [3.63, 3.8) is 0 Å². The highest BCUT2D eigenvalue weighted by Gasteiger charge is 2.08. The smallest absolute Gasteiger partial charge is 0.216 e. The lowest BCUT2D eigenvalue weighted by molar-refractivity contribution is -0.118. The van der Waals surface area contributed by atoms with E-state index in [2.05, 4.69) is 5.32 Å². The average Bonchev–Trinajstić information content (AvgIpc) is 2.73. The van der Waals surface area contributed by atoms with Crippen molar-refractivity contribution in [2.45, 2.75) is 26.6 Å². The summed E-state index contributed by atoms with van der Waals surface area (Å²) < 4.78 is 12.1. The quantitative estimate of drug-likeness (QED) is 0.598. The number of ether oxygens (including phenoxy) is 2. The molecule has 0 saturated carbocycles. The molecule has 1 N–H and O–H groups in total. The predicted molar refractivity (Wildman–Crippen MR) is 110 cm³/mol. The summed E-state index contributed by atoms with van der Waals surface area (Å²) in [7, 11) is 0. The highest BCUT2D eigenvalue weighted by molar-refractivity contribution is 5.72. The molecule has 0 heterocycles. The van der Waals surface area contributed by atoms with E-state index in [0.717, 1.165) is 23.1 Å². The molecule has 0 fully saturated rings. The fourth-order valence-electron chi connectivity index (χ4n) is 2.79. The van der Waals surface area contributed by atoms with Gasteiger partial charge in [-0.05, 0) is 35.2 Å². The van der Waals surface area contributed by atoms with E-state index in [9.17, 15) is 4.79 Å². The highest BCUT2D eigenvalue weighted by Crippen LogP contribution is 2.30. The van der Waals surface area contributed by atoms with Crippen molar-refractivity contribution in [2.24, 2.45) is 0 Å². The summed E-state index contributed by atoms with van der Waals surface area (Å²) in [6.45, 7) is 3.07. The Hall–Kier alpha value is -3.27. The minimum atomic E-state index is -0.0247. The first kappa shape index (κ1) is 19.5. The zero-order valence-electron chi connectivity index (χ0n) is 16.1. The fraction of sp³-hybridized carbons (Fsp3) is 0.208. The standard InChI is InChI=1S/C24H25NO3/c1-19(26)25-15-14-20-12-13-23(27-17-21-8-4-2-5-9-21)24(16-20)28-18-22-10-6-3-7-11-22/h2-13,16H,14-15,17-18H2,1H3,(H,25,26). The van der Waals surface area contributed by atoms with Gasteiger partial charge >= 0.3 is 0 Å². The topological polar surface area (TPSA) is 47.6 Å². The molecule has 28 heavy (non-hydrogen) atoms. The van der Waals surface area contributed by atoms with Crippen LogP contribution in [0.5, 0.6) is 11.5 Å². The largest absolute Gasteiger partial charge is 0.485 e. The minimum Gasteiger partial charge on any atom is -0.485 e. The Labute approximate surface area is 166 Å². The molecular formula is C24H25NO3. The Morgan fingerprint density at radius 2 is 1.32 bits per heavy atom. The van der Waals surface area contributed by atoms with Crippen LogP contribution in [0.4, 0.5) is 0 Å². The van der Waals surface area contributed by atoms with Crippen LogP contribution in [0.15, 0.2) is 78.9 Å². The van der Waals surface area contributed by atoms with Gasteiger partial charge < -0.3 is 14.8 Å². The maximum absolute atomic E-state index is 11.1. The van der Waals surface area contributed by atoms with Gasteiger partial charge in [0.15, 0.2) is 11.5 Å². The van der Waals surface area contributed by atoms with Crippen LogP contribution in [0.3, 0.4) is 0 Å². The molecule has 0 aliphatic rings. The van der Waals surface area contributed by atoms with Gasteiger partial charge in [-0.2, -0.15) is 0 Å². The van der Waals surface area contributed by atoms with Crippen LogP contribution in [-0.2, 0) is 24.4 Å². The molecule has 0 aliphatic carbocycles.